The van der Waals surface area contributed by atoms with Crippen molar-refractivity contribution in [3.63, 3.8) is 0 Å². The van der Waals surface area contributed by atoms with E-state index in [2.05, 4.69) is 10.6 Å². The van der Waals surface area contributed by atoms with E-state index in [4.69, 9.17) is 11.6 Å². The number of amides is 3. The van der Waals surface area contributed by atoms with Crippen LogP contribution in [0.4, 0.5) is 5.69 Å². The van der Waals surface area contributed by atoms with Crippen molar-refractivity contribution in [2.45, 2.75) is 13.8 Å². The number of nitrogens with one attached hydrogen (secondary N) is 2. The van der Waals surface area contributed by atoms with Crippen molar-refractivity contribution in [1.82, 2.24) is 10.2 Å². The number of likely N-dealkylation sites (N-methyl/N-ethyl adjacent to an activating group) is 1. The van der Waals surface area contributed by atoms with E-state index in [9.17, 15) is 14.4 Å². The minimum Gasteiger partial charge on any atom is -0.343 e. The Kier molecular flexibility index (Phi) is 6.96. The zero-order chi connectivity index (χ0) is 20.0. The summed E-state index contributed by atoms with van der Waals surface area (Å²) in [6.45, 7) is 3.56. The van der Waals surface area contributed by atoms with Gasteiger partial charge in [-0.25, -0.2) is 0 Å². The summed E-state index contributed by atoms with van der Waals surface area (Å²) in [5, 5.41) is 5.76. The molecule has 0 aromatic heterocycles. The Morgan fingerprint density at radius 1 is 1.07 bits per heavy atom. The van der Waals surface area contributed by atoms with Gasteiger partial charge in [0.15, 0.2) is 0 Å². The number of rotatable bonds is 6. The van der Waals surface area contributed by atoms with Crippen molar-refractivity contribution in [1.29, 1.82) is 0 Å². The highest BCUT2D eigenvalue weighted by molar-refractivity contribution is 6.31. The molecule has 2 rings (SSSR count). The van der Waals surface area contributed by atoms with Gasteiger partial charge >= 0.3 is 0 Å². The summed E-state index contributed by atoms with van der Waals surface area (Å²) in [5.74, 6) is -1.08. The minimum absolute atomic E-state index is 0.112. The van der Waals surface area contributed by atoms with Gasteiger partial charge in [-0.15, -0.1) is 0 Å². The van der Waals surface area contributed by atoms with Gasteiger partial charge in [0.2, 0.25) is 11.8 Å². The zero-order valence-electron chi connectivity index (χ0n) is 15.5. The van der Waals surface area contributed by atoms with E-state index in [1.54, 1.807) is 18.2 Å². The summed E-state index contributed by atoms with van der Waals surface area (Å²) in [6.07, 6.45) is 0. The van der Waals surface area contributed by atoms with Crippen LogP contribution in [0.25, 0.3) is 0 Å². The summed E-state index contributed by atoms with van der Waals surface area (Å²) in [4.78, 5) is 37.6. The number of aryl methyl sites for hydroxylation is 1. The van der Waals surface area contributed by atoms with E-state index < -0.39 is 5.91 Å². The van der Waals surface area contributed by atoms with Crippen molar-refractivity contribution in [3.8, 4) is 0 Å². The van der Waals surface area contributed by atoms with Crippen molar-refractivity contribution < 1.29 is 14.4 Å². The standard InChI is InChI=1S/C20H22ClN3O3/c1-13-6-4-9-17(14(13)2)23-18(25)12-24(3)19(26)11-22-20(27)15-7-5-8-16(21)10-15/h4-10H,11-12H2,1-3H3,(H,22,27)(H,23,25). The third-order valence-electron chi connectivity index (χ3n) is 4.17. The van der Waals surface area contributed by atoms with E-state index >= 15 is 0 Å². The average molecular weight is 388 g/mol. The first kappa shape index (κ1) is 20.5. The molecular formula is C20H22ClN3O3. The van der Waals surface area contributed by atoms with Crippen molar-refractivity contribution >= 4 is 35.0 Å². The Hall–Kier alpha value is -2.86. The lowest BCUT2D eigenvalue weighted by atomic mass is 10.1. The van der Waals surface area contributed by atoms with Gasteiger partial charge in [0.05, 0.1) is 13.1 Å². The predicted octanol–water partition coefficient (Wildman–Crippen LogP) is 2.78. The van der Waals surface area contributed by atoms with Gasteiger partial charge in [-0.2, -0.15) is 0 Å². The molecule has 2 aromatic rings. The topological polar surface area (TPSA) is 78.5 Å². The molecule has 7 heteroatoms. The van der Waals surface area contributed by atoms with E-state index in [1.807, 2.05) is 32.0 Å². The molecule has 0 atom stereocenters. The lowest BCUT2D eigenvalue weighted by Gasteiger charge is -2.18. The smallest absolute Gasteiger partial charge is 0.251 e. The Morgan fingerprint density at radius 3 is 2.48 bits per heavy atom. The van der Waals surface area contributed by atoms with Gasteiger partial charge in [-0.3, -0.25) is 14.4 Å². The van der Waals surface area contributed by atoms with Crippen LogP contribution in [0, 0.1) is 13.8 Å². The van der Waals surface area contributed by atoms with E-state index in [1.165, 1.54) is 18.0 Å². The molecule has 2 aromatic carbocycles. The van der Waals surface area contributed by atoms with Gasteiger partial charge < -0.3 is 15.5 Å². The molecule has 0 bridgehead atoms. The molecule has 0 heterocycles. The maximum atomic E-state index is 12.2. The molecular weight excluding hydrogens is 366 g/mol. The minimum atomic E-state index is -0.404. The van der Waals surface area contributed by atoms with Crippen LogP contribution in [-0.2, 0) is 9.59 Å². The van der Waals surface area contributed by atoms with Gasteiger partial charge in [0.25, 0.3) is 5.91 Å². The summed E-state index contributed by atoms with van der Waals surface area (Å²) in [5.41, 5.74) is 3.13. The first-order valence-corrected chi connectivity index (χ1v) is 8.79. The van der Waals surface area contributed by atoms with Gasteiger partial charge in [-0.1, -0.05) is 29.8 Å². The van der Waals surface area contributed by atoms with Crippen LogP contribution in [-0.4, -0.2) is 42.8 Å². The average Bonchev–Trinajstić information content (AvgIpc) is 2.63. The Labute approximate surface area is 163 Å². The molecule has 3 amide bonds. The second-order valence-corrected chi connectivity index (χ2v) is 6.67. The number of hydrogen-bond acceptors (Lipinski definition) is 3. The number of anilines is 1. The molecule has 142 valence electrons. The van der Waals surface area contributed by atoms with Crippen LogP contribution in [0.5, 0.6) is 0 Å². The maximum absolute atomic E-state index is 12.2. The molecule has 0 aliphatic rings. The van der Waals surface area contributed by atoms with Crippen molar-refractivity contribution in [2.24, 2.45) is 0 Å². The SMILES string of the molecule is Cc1cccc(NC(=O)CN(C)C(=O)CNC(=O)c2cccc(Cl)c2)c1C. The number of benzene rings is 2. The third-order valence-corrected chi connectivity index (χ3v) is 4.41. The van der Waals surface area contributed by atoms with Crippen LogP contribution in [0.15, 0.2) is 42.5 Å². The molecule has 0 saturated carbocycles. The van der Waals surface area contributed by atoms with E-state index in [0.717, 1.165) is 16.8 Å². The number of nitrogens with zero attached hydrogens (tertiary/aromatic N) is 1. The highest BCUT2D eigenvalue weighted by atomic mass is 35.5. The van der Waals surface area contributed by atoms with Crippen molar-refractivity contribution in [3.05, 3.63) is 64.2 Å². The fourth-order valence-corrected chi connectivity index (χ4v) is 2.59. The van der Waals surface area contributed by atoms with Gasteiger partial charge in [0, 0.05) is 23.3 Å². The zero-order valence-corrected chi connectivity index (χ0v) is 16.3. The lowest BCUT2D eigenvalue weighted by Crippen LogP contribution is -2.41. The normalized spacial score (nSPS) is 10.2. The van der Waals surface area contributed by atoms with Crippen molar-refractivity contribution in [2.75, 3.05) is 25.5 Å². The second-order valence-electron chi connectivity index (χ2n) is 6.24. The first-order valence-electron chi connectivity index (χ1n) is 8.41. The number of carbonyl (C=O) groups is 3. The maximum Gasteiger partial charge on any atom is 0.251 e. The molecule has 6 nitrogen and oxygen atoms in total. The van der Waals surface area contributed by atoms with Crippen LogP contribution in [0.1, 0.15) is 21.5 Å². The molecule has 0 saturated heterocycles. The summed E-state index contributed by atoms with van der Waals surface area (Å²) in [7, 11) is 1.51. The number of carbonyl (C=O) groups excluding carboxylic acids is 3. The van der Waals surface area contributed by atoms with Crippen LogP contribution < -0.4 is 10.6 Å². The summed E-state index contributed by atoms with van der Waals surface area (Å²) < 4.78 is 0. The van der Waals surface area contributed by atoms with E-state index in [0.29, 0.717) is 10.6 Å². The van der Waals surface area contributed by atoms with Gasteiger partial charge in [0.1, 0.15) is 0 Å². The molecule has 0 unspecified atom stereocenters. The summed E-state index contributed by atoms with van der Waals surface area (Å²) in [6, 6.07) is 12.1. The number of hydrogen-bond donors (Lipinski definition) is 2. The van der Waals surface area contributed by atoms with Crippen LogP contribution in [0.2, 0.25) is 5.02 Å². The molecule has 2 N–H and O–H groups in total. The molecule has 0 aliphatic heterocycles. The lowest BCUT2D eigenvalue weighted by molar-refractivity contribution is -0.132. The molecule has 0 spiro atoms. The number of halogens is 1. The molecule has 0 fully saturated rings. The fourth-order valence-electron chi connectivity index (χ4n) is 2.40. The van der Waals surface area contributed by atoms with Crippen LogP contribution in [0.3, 0.4) is 0 Å². The molecule has 0 radical (unpaired) electrons. The third kappa shape index (κ3) is 5.82. The summed E-state index contributed by atoms with van der Waals surface area (Å²) >= 11 is 5.85. The predicted molar refractivity (Wildman–Crippen MR) is 106 cm³/mol. The van der Waals surface area contributed by atoms with Crippen LogP contribution >= 0.6 is 11.6 Å². The second kappa shape index (κ2) is 9.19. The molecule has 0 aliphatic carbocycles. The largest absolute Gasteiger partial charge is 0.343 e. The highest BCUT2D eigenvalue weighted by Crippen LogP contribution is 2.17. The molecule has 27 heavy (non-hydrogen) atoms. The highest BCUT2D eigenvalue weighted by Gasteiger charge is 2.15. The fraction of sp³-hybridized carbons (Fsp3) is 0.250. The van der Waals surface area contributed by atoms with E-state index in [-0.39, 0.29) is 24.9 Å². The monoisotopic (exact) mass is 387 g/mol. The quantitative estimate of drug-likeness (QED) is 0.800. The first-order chi connectivity index (χ1) is 12.8. The Morgan fingerprint density at radius 2 is 1.78 bits per heavy atom. The Balaban J connectivity index is 1.85. The van der Waals surface area contributed by atoms with Gasteiger partial charge in [-0.05, 0) is 49.2 Å². The Bertz CT molecular complexity index is 867.